The first-order chi connectivity index (χ1) is 12.5. The van der Waals surface area contributed by atoms with Crippen molar-refractivity contribution in [2.45, 2.75) is 32.3 Å². The number of hydrogen-bond acceptors (Lipinski definition) is 4. The molecule has 1 unspecified atom stereocenters. The molecule has 3 rings (SSSR count). The number of hydrogen-bond donors (Lipinski definition) is 2. The lowest BCUT2D eigenvalue weighted by molar-refractivity contribution is 0.182. The Labute approximate surface area is 151 Å². The monoisotopic (exact) mass is 352 g/mol. The molecule has 0 saturated heterocycles. The van der Waals surface area contributed by atoms with Gasteiger partial charge in [0, 0.05) is 11.6 Å². The number of phenolic OH excluding ortho intramolecular Hbond substituents is 1. The number of aliphatic hydroxyl groups excluding tert-OH is 1. The van der Waals surface area contributed by atoms with Gasteiger partial charge >= 0.3 is 0 Å². The highest BCUT2D eigenvalue weighted by atomic mass is 19.1. The van der Waals surface area contributed by atoms with E-state index in [1.54, 1.807) is 6.92 Å². The number of nitrogens with zero attached hydrogens (tertiary/aromatic N) is 2. The SMILES string of the molecule is CC(O)CCCC=Cc1ccc2nc(-c3ccc(O)cc3F)cnc2c1. The van der Waals surface area contributed by atoms with Crippen LogP contribution in [0.2, 0.25) is 0 Å². The quantitative estimate of drug-likeness (QED) is 0.631. The van der Waals surface area contributed by atoms with E-state index in [1.807, 2.05) is 24.3 Å². The second kappa shape index (κ2) is 8.06. The molecule has 1 heterocycles. The fourth-order valence-electron chi connectivity index (χ4n) is 2.72. The predicted molar refractivity (Wildman–Crippen MR) is 101 cm³/mol. The van der Waals surface area contributed by atoms with Gasteiger partial charge in [-0.3, -0.25) is 4.98 Å². The van der Waals surface area contributed by atoms with Gasteiger partial charge in [0.05, 0.1) is 29.0 Å². The lowest BCUT2D eigenvalue weighted by Gasteiger charge is -2.05. The van der Waals surface area contributed by atoms with Crippen LogP contribution >= 0.6 is 0 Å². The molecular weight excluding hydrogens is 331 g/mol. The molecule has 0 aliphatic heterocycles. The summed E-state index contributed by atoms with van der Waals surface area (Å²) in [5.41, 5.74) is 3.17. The van der Waals surface area contributed by atoms with E-state index in [2.05, 4.69) is 16.0 Å². The van der Waals surface area contributed by atoms with Crippen LogP contribution in [0, 0.1) is 5.82 Å². The fraction of sp³-hybridized carbons (Fsp3) is 0.238. The van der Waals surface area contributed by atoms with Gasteiger partial charge in [-0.25, -0.2) is 9.37 Å². The number of rotatable bonds is 6. The van der Waals surface area contributed by atoms with E-state index in [0.29, 0.717) is 16.8 Å². The number of phenols is 1. The van der Waals surface area contributed by atoms with Gasteiger partial charge in [-0.15, -0.1) is 0 Å². The molecule has 0 spiro atoms. The predicted octanol–water partition coefficient (Wildman–Crippen LogP) is 4.71. The minimum atomic E-state index is -0.532. The molecule has 1 atom stereocenters. The van der Waals surface area contributed by atoms with Gasteiger partial charge in [0.25, 0.3) is 0 Å². The van der Waals surface area contributed by atoms with E-state index in [4.69, 9.17) is 0 Å². The number of halogens is 1. The maximum atomic E-state index is 14.0. The van der Waals surface area contributed by atoms with E-state index in [0.717, 1.165) is 36.4 Å². The zero-order valence-corrected chi connectivity index (χ0v) is 14.6. The van der Waals surface area contributed by atoms with Crippen LogP contribution in [0.4, 0.5) is 4.39 Å². The van der Waals surface area contributed by atoms with Crippen LogP contribution in [0.15, 0.2) is 48.7 Å². The number of fused-ring (bicyclic) bond motifs is 1. The summed E-state index contributed by atoms with van der Waals surface area (Å²) in [6, 6.07) is 9.72. The Balaban J connectivity index is 1.78. The molecule has 0 bridgehead atoms. The molecule has 2 aromatic carbocycles. The zero-order chi connectivity index (χ0) is 18.5. The first-order valence-corrected chi connectivity index (χ1v) is 8.63. The topological polar surface area (TPSA) is 66.2 Å². The Hall–Kier alpha value is -2.79. The number of benzene rings is 2. The maximum Gasteiger partial charge on any atom is 0.136 e. The molecule has 0 saturated carbocycles. The number of allylic oxidation sites excluding steroid dienone is 1. The highest BCUT2D eigenvalue weighted by Gasteiger charge is 2.09. The van der Waals surface area contributed by atoms with Crippen molar-refractivity contribution in [2.24, 2.45) is 0 Å². The number of aromatic nitrogens is 2. The first kappa shape index (κ1) is 18.0. The molecule has 0 radical (unpaired) electrons. The molecule has 26 heavy (non-hydrogen) atoms. The summed E-state index contributed by atoms with van der Waals surface area (Å²) in [5, 5.41) is 18.6. The molecule has 2 N–H and O–H groups in total. The lowest BCUT2D eigenvalue weighted by atomic mass is 10.1. The van der Waals surface area contributed by atoms with Crippen LogP contribution in [0.3, 0.4) is 0 Å². The van der Waals surface area contributed by atoms with E-state index in [9.17, 15) is 14.6 Å². The van der Waals surface area contributed by atoms with E-state index >= 15 is 0 Å². The molecule has 0 amide bonds. The summed E-state index contributed by atoms with van der Waals surface area (Å²) in [5.74, 6) is -0.653. The van der Waals surface area contributed by atoms with Crippen molar-refractivity contribution in [3.8, 4) is 17.0 Å². The molecule has 4 nitrogen and oxygen atoms in total. The average molecular weight is 352 g/mol. The Morgan fingerprint density at radius 3 is 2.77 bits per heavy atom. The Morgan fingerprint density at radius 1 is 1.15 bits per heavy atom. The van der Waals surface area contributed by atoms with Gasteiger partial charge in [-0.2, -0.15) is 0 Å². The van der Waals surface area contributed by atoms with Gasteiger partial charge in [0.1, 0.15) is 11.6 Å². The molecule has 0 aliphatic rings. The third-order valence-electron chi connectivity index (χ3n) is 4.10. The summed E-state index contributed by atoms with van der Waals surface area (Å²) < 4.78 is 14.0. The third-order valence-corrected chi connectivity index (χ3v) is 4.10. The van der Waals surface area contributed by atoms with Crippen molar-refractivity contribution < 1.29 is 14.6 Å². The second-order valence-electron chi connectivity index (χ2n) is 6.35. The summed E-state index contributed by atoms with van der Waals surface area (Å²) in [4.78, 5) is 8.86. The largest absolute Gasteiger partial charge is 0.508 e. The maximum absolute atomic E-state index is 14.0. The normalized spacial score (nSPS) is 12.7. The van der Waals surface area contributed by atoms with Crippen molar-refractivity contribution >= 4 is 17.1 Å². The van der Waals surface area contributed by atoms with Gasteiger partial charge in [-0.05, 0) is 56.0 Å². The summed E-state index contributed by atoms with van der Waals surface area (Å²) in [6.07, 6.45) is 8.04. The van der Waals surface area contributed by atoms with Crippen molar-refractivity contribution in [1.29, 1.82) is 0 Å². The second-order valence-corrected chi connectivity index (χ2v) is 6.35. The van der Waals surface area contributed by atoms with E-state index in [-0.39, 0.29) is 11.9 Å². The van der Waals surface area contributed by atoms with Crippen LogP contribution in [-0.4, -0.2) is 26.3 Å². The standard InChI is InChI=1S/C21H21FN2O2/c1-14(25)5-3-2-4-6-15-7-10-19-20(11-15)23-13-21(24-19)17-9-8-16(26)12-18(17)22/h4,6-14,25-26H,2-3,5H2,1H3. The smallest absolute Gasteiger partial charge is 0.136 e. The Bertz CT molecular complexity index is 938. The number of unbranched alkanes of at least 4 members (excludes halogenated alkanes) is 1. The average Bonchev–Trinajstić information content (AvgIpc) is 2.61. The van der Waals surface area contributed by atoms with Gasteiger partial charge in [0.15, 0.2) is 0 Å². The van der Waals surface area contributed by atoms with Crippen molar-refractivity contribution in [1.82, 2.24) is 9.97 Å². The molecule has 5 heteroatoms. The number of aromatic hydroxyl groups is 1. The zero-order valence-electron chi connectivity index (χ0n) is 14.6. The molecule has 3 aromatic rings. The summed E-state index contributed by atoms with van der Waals surface area (Å²) in [6.45, 7) is 1.80. The van der Waals surface area contributed by atoms with Gasteiger partial charge in [-0.1, -0.05) is 18.2 Å². The third kappa shape index (κ3) is 4.43. The van der Waals surface area contributed by atoms with Crippen molar-refractivity contribution in [3.05, 3.63) is 60.1 Å². The molecule has 134 valence electrons. The van der Waals surface area contributed by atoms with Crippen LogP contribution in [0.25, 0.3) is 28.4 Å². The van der Waals surface area contributed by atoms with Crippen molar-refractivity contribution in [3.63, 3.8) is 0 Å². The minimum absolute atomic E-state index is 0.120. The van der Waals surface area contributed by atoms with E-state index in [1.165, 1.54) is 18.3 Å². The minimum Gasteiger partial charge on any atom is -0.508 e. The van der Waals surface area contributed by atoms with Crippen LogP contribution in [-0.2, 0) is 0 Å². The molecule has 1 aromatic heterocycles. The van der Waals surface area contributed by atoms with E-state index < -0.39 is 5.82 Å². The molecule has 0 fully saturated rings. The van der Waals surface area contributed by atoms with Crippen LogP contribution < -0.4 is 0 Å². The number of aliphatic hydroxyl groups is 1. The van der Waals surface area contributed by atoms with Crippen LogP contribution in [0.5, 0.6) is 5.75 Å². The highest BCUT2D eigenvalue weighted by Crippen LogP contribution is 2.25. The summed E-state index contributed by atoms with van der Waals surface area (Å²) >= 11 is 0. The van der Waals surface area contributed by atoms with Gasteiger partial charge < -0.3 is 10.2 Å². The highest BCUT2D eigenvalue weighted by molar-refractivity contribution is 5.79. The summed E-state index contributed by atoms with van der Waals surface area (Å²) in [7, 11) is 0. The Morgan fingerprint density at radius 2 is 2.00 bits per heavy atom. The Kier molecular flexibility index (Phi) is 5.58. The first-order valence-electron chi connectivity index (χ1n) is 8.63. The van der Waals surface area contributed by atoms with Crippen molar-refractivity contribution in [2.75, 3.05) is 0 Å². The van der Waals surface area contributed by atoms with Gasteiger partial charge in [0.2, 0.25) is 0 Å². The van der Waals surface area contributed by atoms with Crippen LogP contribution in [0.1, 0.15) is 31.7 Å². The fourth-order valence-corrected chi connectivity index (χ4v) is 2.72. The molecular formula is C21H21FN2O2. The lowest BCUT2D eigenvalue weighted by Crippen LogP contribution is -1.97. The molecule has 0 aliphatic carbocycles.